The number of thioether (sulfide) groups is 1. The molecule has 1 aliphatic heterocycles. The second-order valence-corrected chi connectivity index (χ2v) is 5.97. The van der Waals surface area contributed by atoms with Crippen molar-refractivity contribution in [2.24, 2.45) is 0 Å². The summed E-state index contributed by atoms with van der Waals surface area (Å²) in [4.78, 5) is 0. The minimum absolute atomic E-state index is 0.314. The third-order valence-electron chi connectivity index (χ3n) is 2.35. The summed E-state index contributed by atoms with van der Waals surface area (Å²) in [6.07, 6.45) is 3.13. The van der Waals surface area contributed by atoms with Gasteiger partial charge in [-0.1, -0.05) is 23.1 Å². The van der Waals surface area contributed by atoms with Crippen molar-refractivity contribution >= 4 is 28.2 Å². The molecule has 1 aliphatic rings. The molecule has 1 saturated heterocycles. The summed E-state index contributed by atoms with van der Waals surface area (Å²) >= 11 is 3.11. The van der Waals surface area contributed by atoms with Gasteiger partial charge >= 0.3 is 0 Å². The lowest BCUT2D eigenvalue weighted by molar-refractivity contribution is 0.120. The van der Waals surface area contributed by atoms with E-state index >= 15 is 0 Å². The first-order chi connectivity index (χ1) is 8.38. The molecule has 0 aliphatic carbocycles. The molecule has 2 heterocycles. The molecule has 1 unspecified atom stereocenters. The number of nitrogens with zero attached hydrogens (tertiary/aromatic N) is 3. The molecular formula is C10H14N4OS2. The van der Waals surface area contributed by atoms with Crippen molar-refractivity contribution in [3.05, 3.63) is 0 Å². The Labute approximate surface area is 109 Å². The molecule has 0 amide bonds. The standard InChI is InChI=1S/C10H14N4OS2/c11-4-2-6-16-10-14-13-9(17-10)12-7-8-3-1-5-15-8/h8H,1-3,5-7H2,(H,12,13). The molecule has 1 aromatic heterocycles. The first kappa shape index (κ1) is 12.6. The van der Waals surface area contributed by atoms with Gasteiger partial charge in [0.15, 0.2) is 4.34 Å². The van der Waals surface area contributed by atoms with Gasteiger partial charge in [-0.15, -0.1) is 10.2 Å². The lowest BCUT2D eigenvalue weighted by atomic mass is 10.2. The van der Waals surface area contributed by atoms with E-state index in [1.165, 1.54) is 11.3 Å². The Morgan fingerprint density at radius 2 is 2.53 bits per heavy atom. The van der Waals surface area contributed by atoms with Crippen LogP contribution < -0.4 is 5.32 Å². The summed E-state index contributed by atoms with van der Waals surface area (Å²) in [6.45, 7) is 1.68. The molecule has 1 atom stereocenters. The van der Waals surface area contributed by atoms with Gasteiger partial charge in [0, 0.05) is 25.3 Å². The van der Waals surface area contributed by atoms with E-state index in [2.05, 4.69) is 21.6 Å². The lowest BCUT2D eigenvalue weighted by Crippen LogP contribution is -2.18. The molecule has 7 heteroatoms. The maximum atomic E-state index is 8.43. The minimum Gasteiger partial charge on any atom is -0.376 e. The van der Waals surface area contributed by atoms with Crippen LogP contribution in [0.15, 0.2) is 4.34 Å². The van der Waals surface area contributed by atoms with Crippen LogP contribution in [0.3, 0.4) is 0 Å². The molecule has 0 radical (unpaired) electrons. The lowest BCUT2D eigenvalue weighted by Gasteiger charge is -2.08. The van der Waals surface area contributed by atoms with Crippen LogP contribution >= 0.6 is 23.1 Å². The molecule has 0 saturated carbocycles. The van der Waals surface area contributed by atoms with Gasteiger partial charge in [-0.2, -0.15) is 5.26 Å². The Balaban J connectivity index is 1.71. The Hall–Kier alpha value is -0.840. The summed E-state index contributed by atoms with van der Waals surface area (Å²) in [5.41, 5.74) is 0. The van der Waals surface area contributed by atoms with Crippen molar-refractivity contribution in [3.8, 4) is 6.07 Å². The predicted octanol–water partition coefficient (Wildman–Crippen LogP) is 2.13. The van der Waals surface area contributed by atoms with E-state index in [9.17, 15) is 0 Å². The summed E-state index contributed by atoms with van der Waals surface area (Å²) in [5.74, 6) is 0.775. The van der Waals surface area contributed by atoms with E-state index in [1.807, 2.05) is 0 Å². The van der Waals surface area contributed by atoms with E-state index < -0.39 is 0 Å². The maximum Gasteiger partial charge on any atom is 0.206 e. The average molecular weight is 270 g/mol. The van der Waals surface area contributed by atoms with Gasteiger partial charge in [0.2, 0.25) is 5.13 Å². The van der Waals surface area contributed by atoms with E-state index in [0.29, 0.717) is 12.5 Å². The number of anilines is 1. The fraction of sp³-hybridized carbons (Fsp3) is 0.700. The monoisotopic (exact) mass is 270 g/mol. The van der Waals surface area contributed by atoms with Crippen LogP contribution in [-0.2, 0) is 4.74 Å². The zero-order valence-electron chi connectivity index (χ0n) is 9.39. The molecule has 1 aromatic rings. The van der Waals surface area contributed by atoms with Crippen molar-refractivity contribution in [1.29, 1.82) is 5.26 Å². The molecule has 2 rings (SSSR count). The van der Waals surface area contributed by atoms with Crippen LogP contribution in [0.5, 0.6) is 0 Å². The van der Waals surface area contributed by atoms with E-state index in [4.69, 9.17) is 10.00 Å². The smallest absolute Gasteiger partial charge is 0.206 e. The normalized spacial score (nSPS) is 19.1. The highest BCUT2D eigenvalue weighted by Crippen LogP contribution is 2.26. The van der Waals surface area contributed by atoms with Crippen molar-refractivity contribution < 1.29 is 4.74 Å². The number of ether oxygens (including phenoxy) is 1. The number of rotatable bonds is 6. The highest BCUT2D eigenvalue weighted by molar-refractivity contribution is 8.01. The van der Waals surface area contributed by atoms with Crippen molar-refractivity contribution in [2.45, 2.75) is 29.7 Å². The summed E-state index contributed by atoms with van der Waals surface area (Å²) in [6, 6.07) is 2.11. The molecular weight excluding hydrogens is 256 g/mol. The Morgan fingerprint density at radius 3 is 3.29 bits per heavy atom. The second-order valence-electron chi connectivity index (χ2n) is 3.65. The summed E-state index contributed by atoms with van der Waals surface area (Å²) in [7, 11) is 0. The van der Waals surface area contributed by atoms with E-state index in [1.54, 1.807) is 11.8 Å². The minimum atomic E-state index is 0.314. The molecule has 0 spiro atoms. The molecule has 0 aromatic carbocycles. The Morgan fingerprint density at radius 1 is 1.59 bits per heavy atom. The molecule has 5 nitrogen and oxygen atoms in total. The predicted molar refractivity (Wildman–Crippen MR) is 68.3 cm³/mol. The van der Waals surface area contributed by atoms with Crippen LogP contribution in [0.25, 0.3) is 0 Å². The number of hydrogen-bond acceptors (Lipinski definition) is 7. The van der Waals surface area contributed by atoms with Gasteiger partial charge < -0.3 is 10.1 Å². The molecule has 1 N–H and O–H groups in total. The summed E-state index contributed by atoms with van der Waals surface area (Å²) in [5, 5.41) is 20.6. The maximum absolute atomic E-state index is 8.43. The molecule has 17 heavy (non-hydrogen) atoms. The van der Waals surface area contributed by atoms with Gasteiger partial charge in [0.05, 0.1) is 12.2 Å². The molecule has 0 bridgehead atoms. The van der Waals surface area contributed by atoms with Crippen LogP contribution in [0.1, 0.15) is 19.3 Å². The van der Waals surface area contributed by atoms with Gasteiger partial charge in [-0.25, -0.2) is 0 Å². The second kappa shape index (κ2) is 6.79. The number of nitriles is 1. The quantitative estimate of drug-likeness (QED) is 0.631. The Bertz CT molecular complexity index is 384. The topological polar surface area (TPSA) is 70.8 Å². The van der Waals surface area contributed by atoms with Gasteiger partial charge in [0.1, 0.15) is 0 Å². The van der Waals surface area contributed by atoms with E-state index in [-0.39, 0.29) is 0 Å². The first-order valence-electron chi connectivity index (χ1n) is 5.57. The average Bonchev–Trinajstić information content (AvgIpc) is 2.98. The molecule has 92 valence electrons. The third kappa shape index (κ3) is 4.15. The summed E-state index contributed by atoms with van der Waals surface area (Å²) < 4.78 is 6.43. The van der Waals surface area contributed by atoms with Crippen LogP contribution in [-0.4, -0.2) is 35.2 Å². The van der Waals surface area contributed by atoms with E-state index in [0.717, 1.165) is 41.2 Å². The van der Waals surface area contributed by atoms with Crippen LogP contribution in [0.2, 0.25) is 0 Å². The zero-order valence-corrected chi connectivity index (χ0v) is 11.0. The number of nitrogens with one attached hydrogen (secondary N) is 1. The first-order valence-corrected chi connectivity index (χ1v) is 7.37. The van der Waals surface area contributed by atoms with Crippen molar-refractivity contribution in [1.82, 2.24) is 10.2 Å². The van der Waals surface area contributed by atoms with Gasteiger partial charge in [-0.05, 0) is 12.8 Å². The fourth-order valence-corrected chi connectivity index (χ4v) is 3.20. The molecule has 1 fully saturated rings. The zero-order chi connectivity index (χ0) is 11.9. The Kier molecular flexibility index (Phi) is 5.04. The number of hydrogen-bond donors (Lipinski definition) is 1. The van der Waals surface area contributed by atoms with Gasteiger partial charge in [-0.3, -0.25) is 0 Å². The van der Waals surface area contributed by atoms with Crippen LogP contribution in [0.4, 0.5) is 5.13 Å². The number of aromatic nitrogens is 2. The van der Waals surface area contributed by atoms with Crippen molar-refractivity contribution in [3.63, 3.8) is 0 Å². The largest absolute Gasteiger partial charge is 0.376 e. The third-order valence-corrected chi connectivity index (χ3v) is 4.37. The fourth-order valence-electron chi connectivity index (χ4n) is 1.53. The highest BCUT2D eigenvalue weighted by Gasteiger charge is 2.15. The highest BCUT2D eigenvalue weighted by atomic mass is 32.2. The van der Waals surface area contributed by atoms with Crippen molar-refractivity contribution in [2.75, 3.05) is 24.2 Å². The van der Waals surface area contributed by atoms with Crippen LogP contribution in [0, 0.1) is 11.3 Å². The SMILES string of the molecule is N#CCCSc1nnc(NCC2CCCO2)s1. The van der Waals surface area contributed by atoms with Gasteiger partial charge in [0.25, 0.3) is 0 Å².